The summed E-state index contributed by atoms with van der Waals surface area (Å²) < 4.78 is 5.33. The number of hydrogen-bond donors (Lipinski definition) is 1. The van der Waals surface area contributed by atoms with Crippen molar-refractivity contribution in [3.63, 3.8) is 0 Å². The van der Waals surface area contributed by atoms with Crippen molar-refractivity contribution in [3.8, 4) is 0 Å². The van der Waals surface area contributed by atoms with E-state index in [1.54, 1.807) is 0 Å². The van der Waals surface area contributed by atoms with E-state index in [9.17, 15) is 0 Å². The van der Waals surface area contributed by atoms with Gasteiger partial charge in [0.05, 0.1) is 6.54 Å². The lowest BCUT2D eigenvalue weighted by Gasteiger charge is -2.21. The van der Waals surface area contributed by atoms with Gasteiger partial charge in [0.25, 0.3) is 0 Å². The molecule has 0 amide bonds. The first-order valence-corrected chi connectivity index (χ1v) is 7.01. The van der Waals surface area contributed by atoms with Gasteiger partial charge >= 0.3 is 0 Å². The monoisotopic (exact) mass is 286 g/mol. The average Bonchev–Trinajstić information content (AvgIpc) is 2.89. The van der Waals surface area contributed by atoms with Crippen molar-refractivity contribution in [2.45, 2.75) is 57.7 Å². The van der Waals surface area contributed by atoms with Crippen LogP contribution in [0.3, 0.4) is 0 Å². The van der Waals surface area contributed by atoms with Crippen LogP contribution in [-0.4, -0.2) is 40.2 Å². The maximum Gasteiger partial charge on any atom is 0.240 e. The summed E-state index contributed by atoms with van der Waals surface area (Å²) in [5.74, 6) is 1.92. The number of fused-ring (bicyclic) bond motifs is 2. The molecule has 3 rings (SSSR count). The van der Waals surface area contributed by atoms with Crippen LogP contribution in [0.25, 0.3) is 0 Å². The highest BCUT2D eigenvalue weighted by molar-refractivity contribution is 5.85. The first-order valence-electron chi connectivity index (χ1n) is 7.01. The Kier molecular flexibility index (Phi) is 4.81. The lowest BCUT2D eigenvalue weighted by molar-refractivity contribution is 0.216. The van der Waals surface area contributed by atoms with Gasteiger partial charge in [-0.1, -0.05) is 19.0 Å². The quantitative estimate of drug-likeness (QED) is 0.920. The van der Waals surface area contributed by atoms with Crippen LogP contribution in [0.4, 0.5) is 0 Å². The van der Waals surface area contributed by atoms with Crippen LogP contribution < -0.4 is 5.32 Å². The Morgan fingerprint density at radius 3 is 2.84 bits per heavy atom. The molecule has 5 nitrogen and oxygen atoms in total. The fourth-order valence-electron chi connectivity index (χ4n) is 2.92. The third-order valence-electron chi connectivity index (χ3n) is 3.97. The van der Waals surface area contributed by atoms with E-state index in [-0.39, 0.29) is 12.4 Å². The zero-order valence-corrected chi connectivity index (χ0v) is 12.4. The molecule has 2 atom stereocenters. The predicted molar refractivity (Wildman–Crippen MR) is 75.5 cm³/mol. The second-order valence-corrected chi connectivity index (χ2v) is 5.86. The van der Waals surface area contributed by atoms with Crippen LogP contribution >= 0.6 is 12.4 Å². The Hall–Kier alpha value is -0.650. The number of rotatable bonds is 3. The third kappa shape index (κ3) is 3.46. The lowest BCUT2D eigenvalue weighted by Crippen LogP contribution is -2.35. The van der Waals surface area contributed by atoms with Gasteiger partial charge in [0, 0.05) is 31.1 Å². The molecule has 2 aliphatic heterocycles. The summed E-state index contributed by atoms with van der Waals surface area (Å²) in [6, 6.07) is 1.39. The van der Waals surface area contributed by atoms with Crippen molar-refractivity contribution in [3.05, 3.63) is 11.7 Å². The fraction of sp³-hybridized carbons (Fsp3) is 0.846. The second-order valence-electron chi connectivity index (χ2n) is 5.86. The maximum atomic E-state index is 5.33. The van der Waals surface area contributed by atoms with Gasteiger partial charge in [-0.3, -0.25) is 4.90 Å². The third-order valence-corrected chi connectivity index (χ3v) is 3.97. The normalized spacial score (nSPS) is 27.3. The lowest BCUT2D eigenvalue weighted by atomic mass is 10.1. The van der Waals surface area contributed by atoms with E-state index in [1.165, 1.54) is 19.3 Å². The van der Waals surface area contributed by atoms with Gasteiger partial charge in [-0.2, -0.15) is 4.98 Å². The summed E-state index contributed by atoms with van der Waals surface area (Å²) in [4.78, 5) is 6.90. The Morgan fingerprint density at radius 2 is 2.11 bits per heavy atom. The molecule has 2 unspecified atom stereocenters. The highest BCUT2D eigenvalue weighted by Gasteiger charge is 2.29. The van der Waals surface area contributed by atoms with Gasteiger partial charge in [0.1, 0.15) is 0 Å². The van der Waals surface area contributed by atoms with Crippen LogP contribution in [0.1, 0.15) is 50.7 Å². The maximum absolute atomic E-state index is 5.33. The SMILES string of the molecule is CC(C)c1noc(CN2CCC3CCC(C2)N3)n1.Cl. The molecule has 2 saturated heterocycles. The number of halogens is 1. The Morgan fingerprint density at radius 1 is 1.32 bits per heavy atom. The van der Waals surface area contributed by atoms with Gasteiger partial charge in [-0.05, 0) is 19.3 Å². The van der Waals surface area contributed by atoms with Crippen LogP contribution in [0.5, 0.6) is 0 Å². The van der Waals surface area contributed by atoms with Crippen LogP contribution in [0.15, 0.2) is 4.52 Å². The number of hydrogen-bond acceptors (Lipinski definition) is 5. The molecule has 108 valence electrons. The van der Waals surface area contributed by atoms with E-state index in [2.05, 4.69) is 34.2 Å². The van der Waals surface area contributed by atoms with Crippen LogP contribution in [0, 0.1) is 0 Å². The zero-order valence-electron chi connectivity index (χ0n) is 11.6. The van der Waals surface area contributed by atoms with E-state index < -0.39 is 0 Å². The summed E-state index contributed by atoms with van der Waals surface area (Å²) in [5.41, 5.74) is 0. The predicted octanol–water partition coefficient (Wildman–Crippen LogP) is 1.94. The molecule has 2 bridgehead atoms. The molecule has 1 aromatic rings. The second kappa shape index (κ2) is 6.20. The molecule has 1 N–H and O–H groups in total. The van der Waals surface area contributed by atoms with Gasteiger partial charge in [-0.25, -0.2) is 0 Å². The van der Waals surface area contributed by atoms with E-state index in [0.717, 1.165) is 37.4 Å². The molecule has 0 radical (unpaired) electrons. The minimum atomic E-state index is 0. The molecule has 19 heavy (non-hydrogen) atoms. The molecule has 6 heteroatoms. The van der Waals surface area contributed by atoms with Gasteiger partial charge in [0.2, 0.25) is 5.89 Å². The molecule has 0 spiro atoms. The van der Waals surface area contributed by atoms with Crippen molar-refractivity contribution in [1.29, 1.82) is 0 Å². The molecule has 2 fully saturated rings. The molecule has 1 aromatic heterocycles. The number of likely N-dealkylation sites (tertiary alicyclic amines) is 1. The molecular formula is C13H23ClN4O. The highest BCUT2D eigenvalue weighted by Crippen LogP contribution is 2.21. The number of nitrogens with zero attached hydrogens (tertiary/aromatic N) is 3. The van der Waals surface area contributed by atoms with E-state index in [1.807, 2.05) is 0 Å². The smallest absolute Gasteiger partial charge is 0.240 e. The van der Waals surface area contributed by atoms with Crippen molar-refractivity contribution in [1.82, 2.24) is 20.4 Å². The summed E-state index contributed by atoms with van der Waals surface area (Å²) in [6.07, 6.45) is 3.89. The Bertz CT molecular complexity index is 409. The van der Waals surface area contributed by atoms with Crippen molar-refractivity contribution >= 4 is 12.4 Å². The first kappa shape index (κ1) is 14.8. The van der Waals surface area contributed by atoms with Crippen LogP contribution in [0.2, 0.25) is 0 Å². The van der Waals surface area contributed by atoms with Crippen molar-refractivity contribution < 1.29 is 4.52 Å². The van der Waals surface area contributed by atoms with E-state index in [4.69, 9.17) is 4.52 Å². The van der Waals surface area contributed by atoms with Crippen molar-refractivity contribution in [2.75, 3.05) is 13.1 Å². The Labute approximate surface area is 120 Å². The van der Waals surface area contributed by atoms with Crippen molar-refractivity contribution in [2.24, 2.45) is 0 Å². The molecule has 3 heterocycles. The number of nitrogens with one attached hydrogen (secondary N) is 1. The zero-order chi connectivity index (χ0) is 12.5. The van der Waals surface area contributed by atoms with Gasteiger partial charge in [0.15, 0.2) is 5.82 Å². The molecular weight excluding hydrogens is 264 g/mol. The highest BCUT2D eigenvalue weighted by atomic mass is 35.5. The molecule has 0 aromatic carbocycles. The van der Waals surface area contributed by atoms with Gasteiger partial charge in [-0.15, -0.1) is 12.4 Å². The summed E-state index contributed by atoms with van der Waals surface area (Å²) in [7, 11) is 0. The van der Waals surface area contributed by atoms with E-state index in [0.29, 0.717) is 12.0 Å². The minimum Gasteiger partial charge on any atom is -0.338 e. The molecule has 0 aliphatic carbocycles. The molecule has 2 aliphatic rings. The number of aromatic nitrogens is 2. The summed E-state index contributed by atoms with van der Waals surface area (Å²) in [6.45, 7) is 7.21. The topological polar surface area (TPSA) is 54.2 Å². The Balaban J connectivity index is 0.00000133. The molecule has 0 saturated carbocycles. The average molecular weight is 287 g/mol. The largest absolute Gasteiger partial charge is 0.338 e. The van der Waals surface area contributed by atoms with E-state index >= 15 is 0 Å². The summed E-state index contributed by atoms with van der Waals surface area (Å²) in [5, 5.41) is 7.71. The minimum absolute atomic E-state index is 0. The standard InChI is InChI=1S/C13H22N4O.ClH/c1-9(2)13-15-12(18-16-13)8-17-6-5-10-3-4-11(7-17)14-10;/h9-11,14H,3-8H2,1-2H3;1H. The van der Waals surface area contributed by atoms with Crippen LogP contribution in [-0.2, 0) is 6.54 Å². The van der Waals surface area contributed by atoms with Gasteiger partial charge < -0.3 is 9.84 Å². The fourth-order valence-corrected chi connectivity index (χ4v) is 2.92. The first-order chi connectivity index (χ1) is 8.70. The summed E-state index contributed by atoms with van der Waals surface area (Å²) >= 11 is 0.